The van der Waals surface area contributed by atoms with Crippen LogP contribution in [0.3, 0.4) is 0 Å². The normalized spacial score (nSPS) is 10.3. The summed E-state index contributed by atoms with van der Waals surface area (Å²) in [5.74, 6) is 0. The van der Waals surface area contributed by atoms with Gasteiger partial charge < -0.3 is 4.52 Å². The highest BCUT2D eigenvalue weighted by atomic mass is 35.5. The Morgan fingerprint density at radius 3 is 2.46 bits per heavy atom. The zero-order valence-corrected chi connectivity index (χ0v) is 7.88. The van der Waals surface area contributed by atoms with Crippen molar-refractivity contribution in [3.63, 3.8) is 0 Å². The SMILES string of the molecule is Cc1ccc(-c2cnoc2Cl)cc1. The van der Waals surface area contributed by atoms with E-state index in [1.54, 1.807) is 6.20 Å². The number of hydrogen-bond donors (Lipinski definition) is 0. The predicted octanol–water partition coefficient (Wildman–Crippen LogP) is 3.30. The summed E-state index contributed by atoms with van der Waals surface area (Å²) in [4.78, 5) is 0. The maximum atomic E-state index is 5.78. The number of benzene rings is 1. The van der Waals surface area contributed by atoms with Crippen LogP contribution in [0.1, 0.15) is 5.56 Å². The maximum Gasteiger partial charge on any atom is 0.233 e. The molecule has 0 atom stereocenters. The third-order valence-electron chi connectivity index (χ3n) is 1.89. The molecule has 2 aromatic rings. The number of aryl methyl sites for hydroxylation is 1. The molecule has 2 rings (SSSR count). The van der Waals surface area contributed by atoms with E-state index < -0.39 is 0 Å². The van der Waals surface area contributed by atoms with Crippen LogP contribution in [0, 0.1) is 6.92 Å². The molecule has 0 spiro atoms. The number of hydrogen-bond acceptors (Lipinski definition) is 2. The number of aromatic nitrogens is 1. The van der Waals surface area contributed by atoms with Crippen LogP contribution in [0.5, 0.6) is 0 Å². The zero-order chi connectivity index (χ0) is 9.26. The molecule has 0 bridgehead atoms. The summed E-state index contributed by atoms with van der Waals surface area (Å²) < 4.78 is 4.76. The van der Waals surface area contributed by atoms with Crippen LogP contribution < -0.4 is 0 Å². The van der Waals surface area contributed by atoms with Gasteiger partial charge in [0.05, 0.1) is 11.8 Å². The standard InChI is InChI=1S/C10H8ClNO/c1-7-2-4-8(5-3-7)9-6-12-13-10(9)11/h2-6H,1H3. The monoisotopic (exact) mass is 193 g/mol. The first-order valence-corrected chi connectivity index (χ1v) is 4.32. The summed E-state index contributed by atoms with van der Waals surface area (Å²) in [6.07, 6.45) is 1.62. The lowest BCUT2D eigenvalue weighted by molar-refractivity contribution is 0.422. The molecule has 13 heavy (non-hydrogen) atoms. The van der Waals surface area contributed by atoms with Gasteiger partial charge in [0, 0.05) is 0 Å². The lowest BCUT2D eigenvalue weighted by atomic mass is 10.1. The Morgan fingerprint density at radius 2 is 1.92 bits per heavy atom. The highest BCUT2D eigenvalue weighted by Gasteiger charge is 2.06. The van der Waals surface area contributed by atoms with E-state index in [2.05, 4.69) is 5.16 Å². The largest absolute Gasteiger partial charge is 0.344 e. The average molecular weight is 194 g/mol. The van der Waals surface area contributed by atoms with Gasteiger partial charge in [0.1, 0.15) is 0 Å². The fourth-order valence-electron chi connectivity index (χ4n) is 1.15. The highest BCUT2D eigenvalue weighted by Crippen LogP contribution is 2.27. The van der Waals surface area contributed by atoms with Gasteiger partial charge in [-0.3, -0.25) is 0 Å². The Hall–Kier alpha value is -1.28. The van der Waals surface area contributed by atoms with Crippen molar-refractivity contribution in [3.05, 3.63) is 41.2 Å². The fraction of sp³-hybridized carbons (Fsp3) is 0.100. The molecule has 0 N–H and O–H groups in total. The van der Waals surface area contributed by atoms with Gasteiger partial charge in [-0.15, -0.1) is 0 Å². The Kier molecular flexibility index (Phi) is 2.07. The van der Waals surface area contributed by atoms with E-state index in [4.69, 9.17) is 16.1 Å². The van der Waals surface area contributed by atoms with Crippen molar-refractivity contribution in [2.45, 2.75) is 6.92 Å². The van der Waals surface area contributed by atoms with Crippen LogP contribution in [-0.4, -0.2) is 5.16 Å². The average Bonchev–Trinajstić information content (AvgIpc) is 2.53. The molecule has 1 heterocycles. The molecule has 66 valence electrons. The summed E-state index contributed by atoms with van der Waals surface area (Å²) in [7, 11) is 0. The van der Waals surface area contributed by atoms with Crippen LogP contribution in [0.25, 0.3) is 11.1 Å². The Labute approximate surface area is 81.1 Å². The molecular weight excluding hydrogens is 186 g/mol. The smallest absolute Gasteiger partial charge is 0.233 e. The second-order valence-electron chi connectivity index (χ2n) is 2.88. The summed E-state index contributed by atoms with van der Waals surface area (Å²) in [6.45, 7) is 2.04. The van der Waals surface area contributed by atoms with Crippen molar-refractivity contribution < 1.29 is 4.52 Å². The molecule has 1 aromatic heterocycles. The van der Waals surface area contributed by atoms with E-state index in [1.165, 1.54) is 5.56 Å². The van der Waals surface area contributed by atoms with Gasteiger partial charge in [-0.25, -0.2) is 0 Å². The van der Waals surface area contributed by atoms with Crippen molar-refractivity contribution in [1.82, 2.24) is 5.16 Å². The summed E-state index contributed by atoms with van der Waals surface area (Å²) in [5, 5.41) is 3.95. The lowest BCUT2D eigenvalue weighted by Gasteiger charge is -1.96. The van der Waals surface area contributed by atoms with Crippen molar-refractivity contribution in [2.75, 3.05) is 0 Å². The van der Waals surface area contributed by atoms with E-state index >= 15 is 0 Å². The zero-order valence-electron chi connectivity index (χ0n) is 7.12. The van der Waals surface area contributed by atoms with Crippen molar-refractivity contribution in [3.8, 4) is 11.1 Å². The molecule has 0 radical (unpaired) electrons. The Morgan fingerprint density at radius 1 is 1.23 bits per heavy atom. The Balaban J connectivity index is 2.47. The minimum absolute atomic E-state index is 0.337. The summed E-state index contributed by atoms with van der Waals surface area (Å²) in [6, 6.07) is 8.04. The molecule has 1 aromatic carbocycles. The highest BCUT2D eigenvalue weighted by molar-refractivity contribution is 6.31. The third-order valence-corrected chi connectivity index (χ3v) is 2.16. The van der Waals surface area contributed by atoms with Crippen molar-refractivity contribution in [1.29, 1.82) is 0 Å². The van der Waals surface area contributed by atoms with Gasteiger partial charge in [-0.2, -0.15) is 0 Å². The molecule has 0 saturated heterocycles. The van der Waals surface area contributed by atoms with Crippen LogP contribution in [-0.2, 0) is 0 Å². The first kappa shape index (κ1) is 8.32. The molecular formula is C10H8ClNO. The predicted molar refractivity (Wildman–Crippen MR) is 51.7 cm³/mol. The number of nitrogens with zero attached hydrogens (tertiary/aromatic N) is 1. The first-order valence-electron chi connectivity index (χ1n) is 3.94. The molecule has 0 fully saturated rings. The lowest BCUT2D eigenvalue weighted by Crippen LogP contribution is -1.75. The molecule has 0 aliphatic carbocycles. The molecule has 0 unspecified atom stereocenters. The van der Waals surface area contributed by atoms with Gasteiger partial charge in [-0.05, 0) is 24.1 Å². The van der Waals surface area contributed by atoms with E-state index in [0.717, 1.165) is 11.1 Å². The molecule has 0 aliphatic rings. The van der Waals surface area contributed by atoms with Crippen molar-refractivity contribution >= 4 is 11.6 Å². The maximum absolute atomic E-state index is 5.78. The van der Waals surface area contributed by atoms with Crippen LogP contribution >= 0.6 is 11.6 Å². The van der Waals surface area contributed by atoms with Gasteiger partial charge in [0.25, 0.3) is 0 Å². The minimum atomic E-state index is 0.337. The summed E-state index contributed by atoms with van der Waals surface area (Å²) >= 11 is 5.78. The van der Waals surface area contributed by atoms with Gasteiger partial charge in [0.2, 0.25) is 5.22 Å². The van der Waals surface area contributed by atoms with Gasteiger partial charge >= 0.3 is 0 Å². The van der Waals surface area contributed by atoms with E-state index in [0.29, 0.717) is 5.22 Å². The fourth-order valence-corrected chi connectivity index (χ4v) is 1.34. The second-order valence-corrected chi connectivity index (χ2v) is 3.22. The third kappa shape index (κ3) is 1.58. The number of rotatable bonds is 1. The molecule has 0 aliphatic heterocycles. The van der Waals surface area contributed by atoms with Crippen LogP contribution in [0.2, 0.25) is 5.22 Å². The molecule has 0 saturated carbocycles. The van der Waals surface area contributed by atoms with E-state index in [-0.39, 0.29) is 0 Å². The number of halogens is 1. The topological polar surface area (TPSA) is 26.0 Å². The van der Waals surface area contributed by atoms with Crippen LogP contribution in [0.4, 0.5) is 0 Å². The van der Waals surface area contributed by atoms with E-state index in [1.807, 2.05) is 31.2 Å². The van der Waals surface area contributed by atoms with Crippen molar-refractivity contribution in [2.24, 2.45) is 0 Å². The van der Waals surface area contributed by atoms with E-state index in [9.17, 15) is 0 Å². The Bertz CT molecular complexity index is 405. The quantitative estimate of drug-likeness (QED) is 0.695. The molecule has 0 amide bonds. The molecule has 2 nitrogen and oxygen atoms in total. The minimum Gasteiger partial charge on any atom is -0.344 e. The summed E-state index contributed by atoms with van der Waals surface area (Å²) in [5.41, 5.74) is 3.08. The first-order chi connectivity index (χ1) is 6.27. The van der Waals surface area contributed by atoms with Gasteiger partial charge in [-0.1, -0.05) is 35.0 Å². The second kappa shape index (κ2) is 3.23. The molecule has 3 heteroatoms. The van der Waals surface area contributed by atoms with Gasteiger partial charge in [0.15, 0.2) is 0 Å². The van der Waals surface area contributed by atoms with Crippen LogP contribution in [0.15, 0.2) is 35.0 Å².